The van der Waals surface area contributed by atoms with Gasteiger partial charge in [0.1, 0.15) is 4.90 Å². The lowest BCUT2D eigenvalue weighted by Gasteiger charge is -2.30. The molecule has 0 saturated heterocycles. The Balaban J connectivity index is 1.15. The molecule has 2 aliphatic rings. The second kappa shape index (κ2) is 20.6. The fraction of sp³-hybridized carbons (Fsp3) is 0.370. The molecule has 62 heavy (non-hydrogen) atoms. The summed E-state index contributed by atoms with van der Waals surface area (Å²) in [6.45, 7) is 7.01. The minimum absolute atomic E-state index is 0.000808. The summed E-state index contributed by atoms with van der Waals surface area (Å²) >= 11 is 7.59. The quantitative estimate of drug-likeness (QED) is 0.0999. The number of thioether (sulfide) groups is 1. The molecule has 1 aliphatic heterocycles. The molecule has 1 atom stereocenters. The zero-order valence-electron chi connectivity index (χ0n) is 34.9. The standard InChI is InChI=1S/C46H52ClF3N4O5S3/c1-32(2)53(3)26-25-39(31-60-40-10-5-4-6-11-40)51-43-22-21-41(29-44(43)61(56,57)46(48,49)50)62(58,59)52-45(55)36-15-13-33(14-16-36)34-23-27-54(28-24-34)30-37-9-7-8-12-42(37)35-17-19-38(47)20-18-35/h4-6,10-11,13-23,29,32,39,51H,7-9,12,24-28,30-31H2,1-3H3,(H,52,55)/t39-/m1/s1. The first-order valence-corrected chi connectivity index (χ1v) is 24.9. The Hall–Kier alpha value is -4.12. The van der Waals surface area contributed by atoms with Crippen molar-refractivity contribution in [3.05, 3.63) is 130 Å². The van der Waals surface area contributed by atoms with Crippen molar-refractivity contribution < 1.29 is 34.8 Å². The second-order valence-electron chi connectivity index (χ2n) is 16.0. The number of anilines is 1. The summed E-state index contributed by atoms with van der Waals surface area (Å²) in [6, 6.07) is 25.9. The van der Waals surface area contributed by atoms with Gasteiger partial charge in [-0.1, -0.05) is 65.7 Å². The zero-order valence-corrected chi connectivity index (χ0v) is 38.1. The van der Waals surface area contributed by atoms with Crippen LogP contribution in [0.2, 0.25) is 5.02 Å². The number of nitrogens with zero attached hydrogens (tertiary/aromatic N) is 2. The number of nitrogens with one attached hydrogen (secondary N) is 2. The van der Waals surface area contributed by atoms with E-state index in [2.05, 4.69) is 33.3 Å². The van der Waals surface area contributed by atoms with Gasteiger partial charge in [-0.15, -0.1) is 11.8 Å². The molecule has 0 spiro atoms. The summed E-state index contributed by atoms with van der Waals surface area (Å²) < 4.78 is 97.3. The van der Waals surface area contributed by atoms with Gasteiger partial charge in [0.15, 0.2) is 0 Å². The molecule has 0 radical (unpaired) electrons. The van der Waals surface area contributed by atoms with Crippen LogP contribution in [0.5, 0.6) is 0 Å². The minimum Gasteiger partial charge on any atom is -0.380 e. The molecule has 9 nitrogen and oxygen atoms in total. The van der Waals surface area contributed by atoms with E-state index in [1.54, 1.807) is 12.1 Å². The van der Waals surface area contributed by atoms with Crippen LogP contribution in [0, 0.1) is 0 Å². The predicted molar refractivity (Wildman–Crippen MR) is 244 cm³/mol. The maximum absolute atomic E-state index is 14.1. The highest BCUT2D eigenvalue weighted by Crippen LogP contribution is 2.37. The molecular formula is C46H52ClF3N4O5S3. The van der Waals surface area contributed by atoms with Gasteiger partial charge < -0.3 is 10.2 Å². The maximum atomic E-state index is 14.1. The van der Waals surface area contributed by atoms with Crippen LogP contribution in [0.4, 0.5) is 18.9 Å². The van der Waals surface area contributed by atoms with Crippen LogP contribution in [0.1, 0.15) is 73.9 Å². The summed E-state index contributed by atoms with van der Waals surface area (Å²) in [4.78, 5) is 16.6. The van der Waals surface area contributed by atoms with Gasteiger partial charge in [0.05, 0.1) is 10.6 Å². The number of rotatable bonds is 17. The molecule has 0 saturated carbocycles. The number of benzene rings is 4. The third-order valence-electron chi connectivity index (χ3n) is 11.4. The van der Waals surface area contributed by atoms with Gasteiger partial charge >= 0.3 is 5.51 Å². The van der Waals surface area contributed by atoms with Gasteiger partial charge in [-0.2, -0.15) is 13.2 Å². The summed E-state index contributed by atoms with van der Waals surface area (Å²) in [6.07, 6.45) is 7.82. The molecule has 0 bridgehead atoms. The third-order valence-corrected chi connectivity index (χ3v) is 15.6. The Morgan fingerprint density at radius 1 is 0.887 bits per heavy atom. The molecule has 1 heterocycles. The third kappa shape index (κ3) is 12.1. The smallest absolute Gasteiger partial charge is 0.380 e. The fourth-order valence-corrected chi connectivity index (χ4v) is 10.6. The Morgan fingerprint density at radius 3 is 2.21 bits per heavy atom. The van der Waals surface area contributed by atoms with Gasteiger partial charge in [-0.25, -0.2) is 21.6 Å². The number of hydrogen-bond donors (Lipinski definition) is 2. The van der Waals surface area contributed by atoms with E-state index in [0.717, 1.165) is 73.5 Å². The van der Waals surface area contributed by atoms with Gasteiger partial charge in [0, 0.05) is 59.5 Å². The van der Waals surface area contributed by atoms with Crippen molar-refractivity contribution >= 4 is 66.0 Å². The van der Waals surface area contributed by atoms with Gasteiger partial charge in [-0.05, 0) is 136 Å². The molecule has 0 fully saturated rings. The molecule has 16 heteroatoms. The number of allylic oxidation sites excluding steroid dienone is 1. The second-order valence-corrected chi connectivity index (χ2v) is 21.1. The van der Waals surface area contributed by atoms with Crippen LogP contribution >= 0.6 is 23.4 Å². The molecule has 4 aromatic rings. The molecule has 332 valence electrons. The number of amides is 1. The maximum Gasteiger partial charge on any atom is 0.501 e. The molecule has 0 unspecified atom stereocenters. The Labute approximate surface area is 372 Å². The number of carbonyl (C=O) groups excluding carboxylic acids is 1. The van der Waals surface area contributed by atoms with Crippen molar-refractivity contribution in [3.8, 4) is 0 Å². The lowest BCUT2D eigenvalue weighted by atomic mass is 9.87. The van der Waals surface area contributed by atoms with E-state index in [9.17, 15) is 34.8 Å². The first-order chi connectivity index (χ1) is 29.4. The lowest BCUT2D eigenvalue weighted by molar-refractivity contribution is -0.0435. The van der Waals surface area contributed by atoms with E-state index in [1.807, 2.05) is 68.1 Å². The summed E-state index contributed by atoms with van der Waals surface area (Å²) in [7, 11) is -8.96. The molecule has 2 N–H and O–H groups in total. The van der Waals surface area contributed by atoms with Crippen LogP contribution in [0.25, 0.3) is 11.1 Å². The molecule has 1 amide bonds. The van der Waals surface area contributed by atoms with E-state index in [4.69, 9.17) is 11.6 Å². The Kier molecular flexibility index (Phi) is 15.7. The van der Waals surface area contributed by atoms with Crippen LogP contribution in [-0.2, 0) is 19.9 Å². The topological polar surface area (TPSA) is 116 Å². The summed E-state index contributed by atoms with van der Waals surface area (Å²) in [5.74, 6) is -0.649. The Morgan fingerprint density at radius 2 is 1.56 bits per heavy atom. The largest absolute Gasteiger partial charge is 0.501 e. The van der Waals surface area contributed by atoms with Gasteiger partial charge in [0.2, 0.25) is 0 Å². The molecule has 1 aliphatic carbocycles. The first kappa shape index (κ1) is 47.4. The first-order valence-electron chi connectivity index (χ1n) is 20.6. The average Bonchev–Trinajstić information content (AvgIpc) is 3.25. The highest BCUT2D eigenvalue weighted by atomic mass is 35.5. The zero-order chi connectivity index (χ0) is 44.7. The SMILES string of the molecule is CC(C)N(C)CC[C@H](CSc1ccccc1)Nc1ccc(S(=O)(=O)NC(=O)c2ccc(C3=CCN(CC4=C(c5ccc(Cl)cc5)CCCC4)CC3)cc2)cc1S(=O)(=O)C(F)(F)F. The normalized spacial score (nSPS) is 16.0. The average molecular weight is 930 g/mol. The summed E-state index contributed by atoms with van der Waals surface area (Å²) in [5, 5.41) is 3.69. The van der Waals surface area contributed by atoms with Crippen molar-refractivity contribution in [3.63, 3.8) is 0 Å². The van der Waals surface area contributed by atoms with Crippen molar-refractivity contribution in [2.75, 3.05) is 44.3 Å². The molecule has 0 aromatic heterocycles. The van der Waals surface area contributed by atoms with Crippen LogP contribution in [-0.4, -0.2) is 89.1 Å². The molecule has 4 aromatic carbocycles. The van der Waals surface area contributed by atoms with Gasteiger partial charge in [-0.3, -0.25) is 9.69 Å². The number of halogens is 4. The highest BCUT2D eigenvalue weighted by molar-refractivity contribution is 7.99. The monoisotopic (exact) mass is 928 g/mol. The number of carbonyl (C=O) groups is 1. The number of sulfone groups is 1. The van der Waals surface area contributed by atoms with Crippen molar-refractivity contribution in [2.24, 2.45) is 0 Å². The molecular weight excluding hydrogens is 877 g/mol. The minimum atomic E-state index is -6.04. The highest BCUT2D eigenvalue weighted by Gasteiger charge is 2.48. The van der Waals surface area contributed by atoms with Crippen molar-refractivity contribution in [2.45, 2.75) is 84.7 Å². The van der Waals surface area contributed by atoms with Crippen LogP contribution in [0.15, 0.2) is 123 Å². The van der Waals surface area contributed by atoms with Crippen LogP contribution in [0.3, 0.4) is 0 Å². The van der Waals surface area contributed by atoms with E-state index in [1.165, 1.54) is 47.0 Å². The predicted octanol–water partition coefficient (Wildman–Crippen LogP) is 10.2. The van der Waals surface area contributed by atoms with E-state index < -0.39 is 52.8 Å². The summed E-state index contributed by atoms with van der Waals surface area (Å²) in [5.41, 5.74) is -0.0843. The van der Waals surface area contributed by atoms with E-state index >= 15 is 0 Å². The Bertz CT molecular complexity index is 2480. The molecule has 6 rings (SSSR count). The van der Waals surface area contributed by atoms with E-state index in [-0.39, 0.29) is 11.6 Å². The number of alkyl halides is 3. The van der Waals surface area contributed by atoms with E-state index in [0.29, 0.717) is 29.8 Å². The number of hydrogen-bond acceptors (Lipinski definition) is 9. The van der Waals surface area contributed by atoms with Crippen LogP contribution < -0.4 is 10.0 Å². The lowest BCUT2D eigenvalue weighted by Crippen LogP contribution is -2.34. The van der Waals surface area contributed by atoms with Gasteiger partial charge in [0.25, 0.3) is 25.8 Å². The number of sulfonamides is 1. The fourth-order valence-electron chi connectivity index (χ4n) is 7.49. The van der Waals surface area contributed by atoms with Crippen molar-refractivity contribution in [1.82, 2.24) is 14.5 Å². The van der Waals surface area contributed by atoms with Crippen molar-refractivity contribution in [1.29, 1.82) is 0 Å².